The molecule has 0 aliphatic carbocycles. The van der Waals surface area contributed by atoms with Crippen molar-refractivity contribution in [2.75, 3.05) is 21.3 Å². The van der Waals surface area contributed by atoms with Crippen LogP contribution in [0.3, 0.4) is 0 Å². The number of nitrogens with one attached hydrogen (secondary N) is 1. The van der Waals surface area contributed by atoms with E-state index in [0.717, 1.165) is 6.07 Å². The summed E-state index contributed by atoms with van der Waals surface area (Å²) in [6.07, 6.45) is 0. The molecule has 2 rings (SSSR count). The zero-order valence-electron chi connectivity index (χ0n) is 12.1. The van der Waals surface area contributed by atoms with Gasteiger partial charge in [-0.05, 0) is 31.3 Å². The summed E-state index contributed by atoms with van der Waals surface area (Å²) in [6, 6.07) is 8.78. The fraction of sp³-hybridized carbons (Fsp3) is 0.250. The molecule has 1 unspecified atom stereocenters. The second-order valence-corrected chi connectivity index (χ2v) is 4.47. The quantitative estimate of drug-likeness (QED) is 0.917. The highest BCUT2D eigenvalue weighted by Crippen LogP contribution is 2.34. The van der Waals surface area contributed by atoms with Crippen LogP contribution >= 0.6 is 0 Å². The molecule has 0 fully saturated rings. The molecule has 112 valence electrons. The summed E-state index contributed by atoms with van der Waals surface area (Å²) >= 11 is 0. The Morgan fingerprint density at radius 3 is 2.38 bits per heavy atom. The van der Waals surface area contributed by atoms with Crippen molar-refractivity contribution in [2.24, 2.45) is 0 Å². The third-order valence-corrected chi connectivity index (χ3v) is 3.33. The minimum atomic E-state index is -0.880. The van der Waals surface area contributed by atoms with Gasteiger partial charge in [-0.15, -0.1) is 0 Å². The number of ether oxygens (including phenoxy) is 2. The lowest BCUT2D eigenvalue weighted by Gasteiger charge is -2.21. The van der Waals surface area contributed by atoms with Crippen molar-refractivity contribution in [2.45, 2.75) is 6.04 Å². The van der Waals surface area contributed by atoms with E-state index in [1.165, 1.54) is 13.2 Å². The number of methoxy groups -OCH3 is 2. The van der Waals surface area contributed by atoms with Gasteiger partial charge in [0.1, 0.15) is 11.5 Å². The van der Waals surface area contributed by atoms with Crippen LogP contribution in [0.25, 0.3) is 0 Å². The average molecular weight is 293 g/mol. The normalized spacial score (nSPS) is 12.0. The summed E-state index contributed by atoms with van der Waals surface area (Å²) in [5.74, 6) is -0.571. The highest BCUT2D eigenvalue weighted by molar-refractivity contribution is 5.46. The molecule has 0 heterocycles. The molecular formula is C16H17F2NO2. The molecule has 0 amide bonds. The van der Waals surface area contributed by atoms with Gasteiger partial charge in [0.05, 0.1) is 20.3 Å². The molecule has 1 atom stereocenters. The summed E-state index contributed by atoms with van der Waals surface area (Å²) in [6.45, 7) is 0. The van der Waals surface area contributed by atoms with Crippen molar-refractivity contribution in [1.82, 2.24) is 5.32 Å². The van der Waals surface area contributed by atoms with Gasteiger partial charge in [-0.25, -0.2) is 8.78 Å². The molecule has 1 N–H and O–H groups in total. The number of hydrogen-bond acceptors (Lipinski definition) is 3. The molecule has 21 heavy (non-hydrogen) atoms. The molecule has 0 aromatic heterocycles. The lowest BCUT2D eigenvalue weighted by molar-refractivity contribution is 0.393. The molecule has 0 radical (unpaired) electrons. The van der Waals surface area contributed by atoms with Crippen LogP contribution in [0.1, 0.15) is 17.2 Å². The third-order valence-electron chi connectivity index (χ3n) is 3.33. The number of rotatable bonds is 5. The van der Waals surface area contributed by atoms with E-state index in [2.05, 4.69) is 5.32 Å². The van der Waals surface area contributed by atoms with Crippen molar-refractivity contribution in [3.63, 3.8) is 0 Å². The molecule has 0 aliphatic rings. The van der Waals surface area contributed by atoms with Gasteiger partial charge in [0.25, 0.3) is 0 Å². The van der Waals surface area contributed by atoms with Crippen molar-refractivity contribution < 1.29 is 18.3 Å². The first-order valence-electron chi connectivity index (χ1n) is 6.45. The Morgan fingerprint density at radius 2 is 1.76 bits per heavy atom. The molecule has 2 aromatic rings. The molecule has 0 aliphatic heterocycles. The van der Waals surface area contributed by atoms with Crippen molar-refractivity contribution in [1.29, 1.82) is 0 Å². The van der Waals surface area contributed by atoms with Crippen molar-refractivity contribution in [3.8, 4) is 11.5 Å². The lowest BCUT2D eigenvalue weighted by Crippen LogP contribution is -2.20. The topological polar surface area (TPSA) is 30.5 Å². The minimum absolute atomic E-state index is 0.212. The van der Waals surface area contributed by atoms with Gasteiger partial charge in [-0.3, -0.25) is 0 Å². The van der Waals surface area contributed by atoms with E-state index in [0.29, 0.717) is 17.1 Å². The Morgan fingerprint density at radius 1 is 1.00 bits per heavy atom. The summed E-state index contributed by atoms with van der Waals surface area (Å²) in [7, 11) is 4.75. The van der Waals surface area contributed by atoms with Crippen LogP contribution in [0.15, 0.2) is 36.4 Å². The van der Waals surface area contributed by atoms with E-state index >= 15 is 0 Å². The summed E-state index contributed by atoms with van der Waals surface area (Å²) in [5, 5.41) is 2.99. The summed E-state index contributed by atoms with van der Waals surface area (Å²) < 4.78 is 38.0. The van der Waals surface area contributed by atoms with Crippen molar-refractivity contribution >= 4 is 0 Å². The van der Waals surface area contributed by atoms with E-state index < -0.39 is 17.7 Å². The fourth-order valence-corrected chi connectivity index (χ4v) is 2.29. The SMILES string of the molecule is CNC(c1cc(OC)ccc1OC)c1cccc(F)c1F. The highest BCUT2D eigenvalue weighted by atomic mass is 19.2. The number of hydrogen-bond donors (Lipinski definition) is 1. The largest absolute Gasteiger partial charge is 0.497 e. The molecule has 2 aromatic carbocycles. The maximum atomic E-state index is 14.1. The second-order valence-electron chi connectivity index (χ2n) is 4.47. The van der Waals surface area contributed by atoms with Crippen LogP contribution in [-0.2, 0) is 0 Å². The Balaban J connectivity index is 2.57. The molecular weight excluding hydrogens is 276 g/mol. The maximum Gasteiger partial charge on any atom is 0.163 e. The average Bonchev–Trinajstić information content (AvgIpc) is 2.52. The predicted molar refractivity (Wildman–Crippen MR) is 76.8 cm³/mol. The first-order valence-corrected chi connectivity index (χ1v) is 6.45. The zero-order valence-corrected chi connectivity index (χ0v) is 12.1. The lowest BCUT2D eigenvalue weighted by atomic mass is 9.97. The fourth-order valence-electron chi connectivity index (χ4n) is 2.29. The van der Waals surface area contributed by atoms with Crippen LogP contribution in [0.5, 0.6) is 11.5 Å². The molecule has 0 saturated heterocycles. The standard InChI is InChI=1S/C16H17F2NO2/c1-19-16(11-5-4-6-13(17)15(11)18)12-9-10(20-2)7-8-14(12)21-3/h4-9,16,19H,1-3H3. The van der Waals surface area contributed by atoms with Crippen LogP contribution in [0.4, 0.5) is 8.78 Å². The van der Waals surface area contributed by atoms with Gasteiger partial charge in [0.15, 0.2) is 11.6 Å². The van der Waals surface area contributed by atoms with Gasteiger partial charge < -0.3 is 14.8 Å². The number of benzene rings is 2. The summed E-state index contributed by atoms with van der Waals surface area (Å²) in [5.41, 5.74) is 0.882. The van der Waals surface area contributed by atoms with Crippen LogP contribution in [-0.4, -0.2) is 21.3 Å². The molecule has 3 nitrogen and oxygen atoms in total. The first kappa shape index (κ1) is 15.3. The Labute approximate surface area is 122 Å². The van der Waals surface area contributed by atoms with Gasteiger partial charge in [0, 0.05) is 11.1 Å². The van der Waals surface area contributed by atoms with E-state index in [1.54, 1.807) is 38.4 Å². The van der Waals surface area contributed by atoms with E-state index in [9.17, 15) is 8.78 Å². The maximum absolute atomic E-state index is 14.1. The van der Waals surface area contributed by atoms with Crippen LogP contribution < -0.4 is 14.8 Å². The van der Waals surface area contributed by atoms with Gasteiger partial charge >= 0.3 is 0 Å². The molecule has 0 saturated carbocycles. The zero-order chi connectivity index (χ0) is 15.4. The third kappa shape index (κ3) is 2.97. The Kier molecular flexibility index (Phi) is 4.75. The Hall–Kier alpha value is -2.14. The summed E-state index contributed by atoms with van der Waals surface area (Å²) in [4.78, 5) is 0. The van der Waals surface area contributed by atoms with Gasteiger partial charge in [-0.1, -0.05) is 12.1 Å². The second kappa shape index (κ2) is 6.54. The smallest absolute Gasteiger partial charge is 0.163 e. The predicted octanol–water partition coefficient (Wildman–Crippen LogP) is 3.29. The first-order chi connectivity index (χ1) is 10.1. The highest BCUT2D eigenvalue weighted by Gasteiger charge is 2.22. The Bertz CT molecular complexity index is 632. The van der Waals surface area contributed by atoms with E-state index in [4.69, 9.17) is 9.47 Å². The van der Waals surface area contributed by atoms with E-state index in [-0.39, 0.29) is 5.56 Å². The van der Waals surface area contributed by atoms with Crippen molar-refractivity contribution in [3.05, 3.63) is 59.2 Å². The molecule has 0 bridgehead atoms. The minimum Gasteiger partial charge on any atom is -0.497 e. The monoisotopic (exact) mass is 293 g/mol. The van der Waals surface area contributed by atoms with E-state index in [1.807, 2.05) is 0 Å². The molecule has 0 spiro atoms. The van der Waals surface area contributed by atoms with Crippen LogP contribution in [0.2, 0.25) is 0 Å². The molecule has 5 heteroatoms. The number of halogens is 2. The van der Waals surface area contributed by atoms with Gasteiger partial charge in [0.2, 0.25) is 0 Å². The van der Waals surface area contributed by atoms with Crippen LogP contribution in [0, 0.1) is 11.6 Å². The van der Waals surface area contributed by atoms with Gasteiger partial charge in [-0.2, -0.15) is 0 Å².